The highest BCUT2D eigenvalue weighted by Crippen LogP contribution is 2.36. The van der Waals surface area contributed by atoms with E-state index >= 15 is 0 Å². The molecule has 47 heavy (non-hydrogen) atoms. The normalized spacial score (nSPS) is 27.4. The van der Waals surface area contributed by atoms with Gasteiger partial charge in [0.15, 0.2) is 18.0 Å². The molecule has 0 aliphatic carbocycles. The zero-order valence-corrected chi connectivity index (χ0v) is 29.5. The molecule has 0 aromatic carbocycles. The lowest BCUT2D eigenvalue weighted by Gasteiger charge is -2.46. The third-order valence-electron chi connectivity index (χ3n) is 6.87. The largest absolute Gasteiger partial charge is 0.492 e. The number of esters is 2. The van der Waals surface area contributed by atoms with Crippen LogP contribution in [-0.4, -0.2) is 97.2 Å². The van der Waals surface area contributed by atoms with E-state index < -0.39 is 70.8 Å². The highest BCUT2D eigenvalue weighted by Gasteiger charge is 2.53. The number of carbonyl (C=O) groups excluding carboxylic acids is 2. The van der Waals surface area contributed by atoms with Crippen LogP contribution in [0.4, 0.5) is 0 Å². The van der Waals surface area contributed by atoms with Gasteiger partial charge in [-0.2, -0.15) is 0 Å². The van der Waals surface area contributed by atoms with Crippen molar-refractivity contribution in [2.75, 3.05) is 26.4 Å². The fraction of sp³-hybridized carbons (Fsp3) is 0.828. The van der Waals surface area contributed by atoms with Gasteiger partial charge in [-0.05, 0) is 24.8 Å². The van der Waals surface area contributed by atoms with Crippen LogP contribution < -0.4 is 0 Å². The number of hydrogen-bond donors (Lipinski definition) is 1. The van der Waals surface area contributed by atoms with E-state index in [1.165, 1.54) is 20.1 Å². The van der Waals surface area contributed by atoms with Crippen LogP contribution in [0.25, 0.3) is 10.4 Å². The Hall–Kier alpha value is -2.23. The Bertz CT molecular complexity index is 1090. The highest BCUT2D eigenvalue weighted by molar-refractivity contribution is 6.76. The van der Waals surface area contributed by atoms with E-state index in [9.17, 15) is 15.1 Å². The van der Waals surface area contributed by atoms with Crippen molar-refractivity contribution < 1.29 is 52.2 Å². The minimum atomic E-state index is -2.27. The van der Waals surface area contributed by atoms with Crippen molar-refractivity contribution in [1.29, 1.82) is 5.41 Å². The first-order valence-corrected chi connectivity index (χ1v) is 16.7. The standard InChI is InChI=1S/C29H45Cl3N4O11/c1-6-9-12-39-19-15-43-27(25(44-18(5)38)22(19)40-13-10-7-2)46-23-20(16-42-17(4)37)45-26(47-28(33)29(30,31)32)21(35-36-34)24(23)41-14-11-8-3/h15,20-27,33H,6-14,16H2,1-5H3/t20?,21?,22?,23-,24?,25?,26+,27+/m1/s1. The molecule has 18 heteroatoms. The van der Waals surface area contributed by atoms with Crippen molar-refractivity contribution in [1.82, 2.24) is 0 Å². The van der Waals surface area contributed by atoms with Crippen LogP contribution in [0.5, 0.6) is 0 Å². The molecule has 2 aliphatic heterocycles. The number of unbranched alkanes of at least 4 members (excludes halogenated alkanes) is 3. The lowest BCUT2D eigenvalue weighted by atomic mass is 9.96. The van der Waals surface area contributed by atoms with Crippen LogP contribution in [0.15, 0.2) is 17.1 Å². The van der Waals surface area contributed by atoms with E-state index in [2.05, 4.69) is 10.0 Å². The smallest absolute Gasteiger partial charge is 0.303 e. The van der Waals surface area contributed by atoms with Gasteiger partial charge in [0.25, 0.3) is 3.79 Å². The van der Waals surface area contributed by atoms with Crippen molar-refractivity contribution in [3.63, 3.8) is 0 Å². The topological polar surface area (TPSA) is 190 Å². The van der Waals surface area contributed by atoms with E-state index in [1.807, 2.05) is 20.8 Å². The molecule has 1 saturated heterocycles. The van der Waals surface area contributed by atoms with E-state index in [-0.39, 0.29) is 13.2 Å². The van der Waals surface area contributed by atoms with Crippen molar-refractivity contribution in [3.8, 4) is 0 Å². The number of nitrogens with zero attached hydrogens (tertiary/aromatic N) is 3. The molecule has 0 saturated carbocycles. The van der Waals surface area contributed by atoms with Gasteiger partial charge in [0.2, 0.25) is 18.5 Å². The van der Waals surface area contributed by atoms with Gasteiger partial charge >= 0.3 is 11.9 Å². The number of alkyl halides is 3. The van der Waals surface area contributed by atoms with E-state index in [1.54, 1.807) is 0 Å². The van der Waals surface area contributed by atoms with Crippen LogP contribution in [0.1, 0.15) is 73.1 Å². The molecule has 5 unspecified atom stereocenters. The van der Waals surface area contributed by atoms with Gasteiger partial charge in [-0.3, -0.25) is 15.0 Å². The minimum Gasteiger partial charge on any atom is -0.492 e. The summed E-state index contributed by atoms with van der Waals surface area (Å²) in [5.74, 6) is -1.77. The summed E-state index contributed by atoms with van der Waals surface area (Å²) in [6, 6.07) is -1.31. The Morgan fingerprint density at radius 1 is 0.936 bits per heavy atom. The number of nitrogens with one attached hydrogen (secondary N) is 1. The second kappa shape index (κ2) is 21.0. The van der Waals surface area contributed by atoms with Crippen molar-refractivity contribution in [3.05, 3.63) is 22.5 Å². The summed E-state index contributed by atoms with van der Waals surface area (Å²) < 4.78 is 50.9. The zero-order chi connectivity index (χ0) is 35.0. The molecule has 268 valence electrons. The summed E-state index contributed by atoms with van der Waals surface area (Å²) >= 11 is 17.5. The molecular formula is C29H45Cl3N4O11. The summed E-state index contributed by atoms with van der Waals surface area (Å²) in [4.78, 5) is 27.1. The van der Waals surface area contributed by atoms with Crippen LogP contribution in [0.2, 0.25) is 0 Å². The fourth-order valence-electron chi connectivity index (χ4n) is 4.55. The summed E-state index contributed by atoms with van der Waals surface area (Å²) in [7, 11) is 0. The lowest BCUT2D eigenvalue weighted by Crippen LogP contribution is -2.63. The maximum absolute atomic E-state index is 12.4. The molecule has 0 bridgehead atoms. The molecule has 0 amide bonds. The summed E-state index contributed by atoms with van der Waals surface area (Å²) in [5.41, 5.74) is 9.50. The van der Waals surface area contributed by atoms with E-state index in [0.29, 0.717) is 25.4 Å². The third-order valence-corrected chi connectivity index (χ3v) is 7.39. The Morgan fingerprint density at radius 3 is 2.15 bits per heavy atom. The third kappa shape index (κ3) is 13.3. The van der Waals surface area contributed by atoms with Gasteiger partial charge in [0, 0.05) is 32.0 Å². The summed E-state index contributed by atoms with van der Waals surface area (Å²) in [5, 5.41) is 11.9. The Balaban J connectivity index is 2.58. The first-order valence-electron chi connectivity index (χ1n) is 15.6. The van der Waals surface area contributed by atoms with Crippen LogP contribution >= 0.6 is 34.8 Å². The molecule has 1 fully saturated rings. The predicted octanol–water partition coefficient (Wildman–Crippen LogP) is 6.02. The van der Waals surface area contributed by atoms with Gasteiger partial charge in [-0.25, -0.2) is 0 Å². The first kappa shape index (κ1) is 40.9. The second-order valence-corrected chi connectivity index (χ2v) is 13.0. The molecule has 2 rings (SSSR count). The van der Waals surface area contributed by atoms with Gasteiger partial charge in [-0.15, -0.1) is 0 Å². The molecule has 0 aromatic rings. The Morgan fingerprint density at radius 2 is 1.57 bits per heavy atom. The van der Waals surface area contributed by atoms with Crippen LogP contribution in [0, 0.1) is 5.41 Å². The Kier molecular flexibility index (Phi) is 18.3. The molecule has 0 aromatic heterocycles. The molecule has 2 heterocycles. The number of ether oxygens (including phenoxy) is 9. The number of carbonyl (C=O) groups is 2. The average molecular weight is 732 g/mol. The molecule has 0 spiro atoms. The molecule has 1 N–H and O–H groups in total. The molecular weight excluding hydrogens is 687 g/mol. The predicted molar refractivity (Wildman–Crippen MR) is 171 cm³/mol. The maximum Gasteiger partial charge on any atom is 0.303 e. The Labute approximate surface area is 289 Å². The zero-order valence-electron chi connectivity index (χ0n) is 27.2. The molecule has 15 nitrogen and oxygen atoms in total. The molecule has 8 atom stereocenters. The van der Waals surface area contributed by atoms with Gasteiger partial charge < -0.3 is 42.6 Å². The number of azide groups is 1. The average Bonchev–Trinajstić information content (AvgIpc) is 3.00. The minimum absolute atomic E-state index is 0.185. The number of halogens is 3. The van der Waals surface area contributed by atoms with Gasteiger partial charge in [0.05, 0.1) is 6.61 Å². The lowest BCUT2D eigenvalue weighted by molar-refractivity contribution is -0.310. The molecule has 0 radical (unpaired) electrons. The quantitative estimate of drug-likeness (QED) is 0.0239. The van der Waals surface area contributed by atoms with Crippen molar-refractivity contribution in [2.24, 2.45) is 5.11 Å². The van der Waals surface area contributed by atoms with Crippen LogP contribution in [0.3, 0.4) is 0 Å². The van der Waals surface area contributed by atoms with Crippen molar-refractivity contribution >= 4 is 52.6 Å². The summed E-state index contributed by atoms with van der Waals surface area (Å²) in [6.45, 7) is 8.93. The van der Waals surface area contributed by atoms with E-state index in [4.69, 9.17) is 82.8 Å². The molecule has 2 aliphatic rings. The van der Waals surface area contributed by atoms with Gasteiger partial charge in [0.1, 0.15) is 37.2 Å². The second-order valence-electron chi connectivity index (χ2n) is 10.7. The number of rotatable bonds is 19. The SMILES string of the molecule is CCCCOC1=CO[C@@H](O[C@@H]2C(COC(C)=O)O[C@@H](OC(=N)C(Cl)(Cl)Cl)C(N=[N+]=[N-])C2OCCCC)C(OC(C)=O)C1OCCCC. The first-order chi connectivity index (χ1) is 22.4. The maximum atomic E-state index is 12.4. The fourth-order valence-corrected chi connectivity index (χ4v) is 4.68. The van der Waals surface area contributed by atoms with Crippen LogP contribution in [-0.2, 0) is 52.2 Å². The number of hydrogen-bond acceptors (Lipinski definition) is 13. The summed E-state index contributed by atoms with van der Waals surface area (Å²) in [6.07, 6.45) is -2.47. The monoisotopic (exact) mass is 730 g/mol. The van der Waals surface area contributed by atoms with Gasteiger partial charge in [-0.1, -0.05) is 80.0 Å². The van der Waals surface area contributed by atoms with Crippen molar-refractivity contribution in [2.45, 2.75) is 126 Å². The highest BCUT2D eigenvalue weighted by atomic mass is 35.6. The van der Waals surface area contributed by atoms with E-state index in [0.717, 1.165) is 32.1 Å².